The largest absolute Gasteiger partial charge is 0.478 e. The first-order valence-corrected chi connectivity index (χ1v) is 10.5. The summed E-state index contributed by atoms with van der Waals surface area (Å²) >= 11 is 6.49. The maximum Gasteiger partial charge on any atom is 0.336 e. The van der Waals surface area contributed by atoms with Crippen LogP contribution < -0.4 is 4.74 Å². The highest BCUT2D eigenvalue weighted by molar-refractivity contribution is 6.33. The summed E-state index contributed by atoms with van der Waals surface area (Å²) in [5.74, 6) is -0.646. The molecule has 0 saturated carbocycles. The Hall–Kier alpha value is -4.24. The number of carbonyl (C=O) groups is 1. The monoisotopic (exact) mass is 460 g/mol. The summed E-state index contributed by atoms with van der Waals surface area (Å²) in [6.07, 6.45) is 3.83. The van der Waals surface area contributed by atoms with Gasteiger partial charge in [-0.25, -0.2) is 9.78 Å². The smallest absolute Gasteiger partial charge is 0.336 e. The number of hydrogen-bond acceptors (Lipinski definition) is 6. The van der Waals surface area contributed by atoms with Crippen molar-refractivity contribution in [2.75, 3.05) is 0 Å². The van der Waals surface area contributed by atoms with E-state index >= 15 is 0 Å². The van der Waals surface area contributed by atoms with Crippen LogP contribution in [-0.2, 0) is 6.42 Å². The van der Waals surface area contributed by atoms with Crippen LogP contribution in [0, 0.1) is 0 Å². The summed E-state index contributed by atoms with van der Waals surface area (Å²) in [5.41, 5.74) is 4.14. The zero-order valence-corrected chi connectivity index (χ0v) is 18.1. The molecule has 10 heteroatoms. The Morgan fingerprint density at radius 3 is 2.55 bits per heavy atom. The van der Waals surface area contributed by atoms with Crippen molar-refractivity contribution in [3.05, 3.63) is 77.1 Å². The first-order valence-electron chi connectivity index (χ1n) is 10.1. The standard InChI is InChI=1S/C23H17ClN6O3/c1-2-13-5-8-16(11-17(13)22(31)32)33-23-27-19-12-18(24)20(28-21(19)29-23)14-3-6-15(7-4-14)30-25-9-10-26-30/h3-12H,2H2,1H3,(H,31,32)(H,27,28,29). The van der Waals surface area contributed by atoms with Crippen LogP contribution >= 0.6 is 11.6 Å². The molecule has 0 aliphatic carbocycles. The van der Waals surface area contributed by atoms with Gasteiger partial charge in [0.1, 0.15) is 5.75 Å². The number of carboxylic acid groups (broad SMARTS) is 1. The van der Waals surface area contributed by atoms with Gasteiger partial charge >= 0.3 is 12.0 Å². The van der Waals surface area contributed by atoms with Crippen LogP contribution in [0.25, 0.3) is 28.1 Å². The van der Waals surface area contributed by atoms with Gasteiger partial charge in [-0.2, -0.15) is 20.0 Å². The number of aromatic nitrogens is 6. The van der Waals surface area contributed by atoms with Crippen molar-refractivity contribution in [3.63, 3.8) is 0 Å². The lowest BCUT2D eigenvalue weighted by Gasteiger charge is -2.06. The van der Waals surface area contributed by atoms with Crippen molar-refractivity contribution >= 4 is 28.7 Å². The second-order valence-corrected chi connectivity index (χ2v) is 7.58. The number of pyridine rings is 1. The fraction of sp³-hybridized carbons (Fsp3) is 0.0870. The van der Waals surface area contributed by atoms with Gasteiger partial charge in [0.2, 0.25) is 0 Å². The molecule has 0 spiro atoms. The fourth-order valence-electron chi connectivity index (χ4n) is 3.49. The predicted molar refractivity (Wildman–Crippen MR) is 122 cm³/mol. The Morgan fingerprint density at radius 1 is 1.09 bits per heavy atom. The molecule has 0 bridgehead atoms. The third-order valence-corrected chi connectivity index (χ3v) is 5.39. The molecule has 0 aliphatic rings. The van der Waals surface area contributed by atoms with Crippen molar-refractivity contribution in [2.24, 2.45) is 0 Å². The number of aromatic carboxylic acids is 1. The number of benzene rings is 2. The molecular weight excluding hydrogens is 444 g/mol. The van der Waals surface area contributed by atoms with Gasteiger partial charge in [-0.3, -0.25) is 0 Å². The van der Waals surface area contributed by atoms with Gasteiger partial charge in [0.15, 0.2) is 5.65 Å². The first-order chi connectivity index (χ1) is 16.0. The summed E-state index contributed by atoms with van der Waals surface area (Å²) in [7, 11) is 0. The molecule has 3 aromatic heterocycles. The molecule has 0 radical (unpaired) electrons. The Labute approximate surface area is 192 Å². The lowest BCUT2D eigenvalue weighted by molar-refractivity contribution is 0.0695. The fourth-order valence-corrected chi connectivity index (χ4v) is 3.75. The van der Waals surface area contributed by atoms with E-state index < -0.39 is 5.97 Å². The molecule has 0 amide bonds. The molecule has 33 heavy (non-hydrogen) atoms. The van der Waals surface area contributed by atoms with Crippen molar-refractivity contribution in [1.29, 1.82) is 0 Å². The highest BCUT2D eigenvalue weighted by atomic mass is 35.5. The Kier molecular flexibility index (Phi) is 5.23. The number of nitrogens with one attached hydrogen (secondary N) is 1. The molecule has 0 saturated heterocycles. The number of nitrogens with zero attached hydrogens (tertiary/aromatic N) is 5. The Balaban J connectivity index is 1.45. The molecule has 164 valence electrons. The molecule has 9 nitrogen and oxygen atoms in total. The molecule has 0 fully saturated rings. The van der Waals surface area contributed by atoms with Gasteiger partial charge in [-0.05, 0) is 42.3 Å². The van der Waals surface area contributed by atoms with E-state index in [0.29, 0.717) is 34.1 Å². The van der Waals surface area contributed by atoms with Crippen molar-refractivity contribution in [1.82, 2.24) is 29.9 Å². The summed E-state index contributed by atoms with van der Waals surface area (Å²) < 4.78 is 5.77. The summed E-state index contributed by atoms with van der Waals surface area (Å²) in [5, 5.41) is 18.1. The maximum atomic E-state index is 11.5. The van der Waals surface area contributed by atoms with Crippen LogP contribution in [0.5, 0.6) is 11.8 Å². The number of rotatable bonds is 6. The minimum absolute atomic E-state index is 0.186. The van der Waals surface area contributed by atoms with Crippen LogP contribution in [0.2, 0.25) is 5.02 Å². The van der Waals surface area contributed by atoms with E-state index in [0.717, 1.165) is 16.8 Å². The molecular formula is C23H17ClN6O3. The van der Waals surface area contributed by atoms with E-state index in [4.69, 9.17) is 16.3 Å². The molecule has 3 heterocycles. The predicted octanol–water partition coefficient (Wildman–Crippen LogP) is 4.91. The van der Waals surface area contributed by atoms with Crippen LogP contribution in [0.4, 0.5) is 0 Å². The molecule has 2 N–H and O–H groups in total. The molecule has 0 atom stereocenters. The number of ether oxygens (including phenoxy) is 1. The van der Waals surface area contributed by atoms with Gasteiger partial charge in [0.25, 0.3) is 0 Å². The van der Waals surface area contributed by atoms with E-state index in [9.17, 15) is 9.90 Å². The van der Waals surface area contributed by atoms with Gasteiger partial charge in [0, 0.05) is 5.56 Å². The third kappa shape index (κ3) is 4.01. The number of aryl methyl sites for hydroxylation is 1. The van der Waals surface area contributed by atoms with Crippen molar-refractivity contribution in [2.45, 2.75) is 13.3 Å². The van der Waals surface area contributed by atoms with E-state index in [-0.39, 0.29) is 11.6 Å². The van der Waals surface area contributed by atoms with E-state index in [1.54, 1.807) is 30.6 Å². The van der Waals surface area contributed by atoms with Gasteiger partial charge in [-0.15, -0.1) is 0 Å². The van der Waals surface area contributed by atoms with E-state index in [1.807, 2.05) is 31.2 Å². The zero-order chi connectivity index (χ0) is 22.9. The van der Waals surface area contributed by atoms with Gasteiger partial charge in [-0.1, -0.05) is 36.7 Å². The second-order valence-electron chi connectivity index (χ2n) is 7.18. The summed E-state index contributed by atoms with van der Waals surface area (Å²) in [6, 6.07) is 14.3. The highest BCUT2D eigenvalue weighted by Gasteiger charge is 2.15. The number of aromatic amines is 1. The topological polar surface area (TPSA) is 119 Å². The summed E-state index contributed by atoms with van der Waals surface area (Å²) in [4.78, 5) is 25.0. The minimum atomic E-state index is -1.01. The average molecular weight is 461 g/mol. The molecule has 0 unspecified atom stereocenters. The van der Waals surface area contributed by atoms with E-state index in [2.05, 4.69) is 25.1 Å². The Bertz CT molecular complexity index is 1460. The maximum absolute atomic E-state index is 11.5. The van der Waals surface area contributed by atoms with Gasteiger partial charge < -0.3 is 14.8 Å². The summed E-state index contributed by atoms with van der Waals surface area (Å²) in [6.45, 7) is 1.90. The molecule has 2 aromatic carbocycles. The number of fused-ring (bicyclic) bond motifs is 1. The van der Waals surface area contributed by atoms with Crippen molar-refractivity contribution in [3.8, 4) is 28.7 Å². The zero-order valence-electron chi connectivity index (χ0n) is 17.4. The lowest BCUT2D eigenvalue weighted by atomic mass is 10.1. The number of halogens is 1. The lowest BCUT2D eigenvalue weighted by Crippen LogP contribution is -2.02. The van der Waals surface area contributed by atoms with Crippen LogP contribution in [0.15, 0.2) is 60.9 Å². The Morgan fingerprint density at radius 2 is 1.85 bits per heavy atom. The number of carboxylic acids is 1. The molecule has 5 aromatic rings. The van der Waals surface area contributed by atoms with Crippen LogP contribution in [0.3, 0.4) is 0 Å². The average Bonchev–Trinajstić information content (AvgIpc) is 3.48. The number of hydrogen-bond donors (Lipinski definition) is 2. The SMILES string of the molecule is CCc1ccc(Oc2nc3nc(-c4ccc(-n5nccn5)cc4)c(Cl)cc3[nH]2)cc1C(=O)O. The number of H-pyrrole nitrogens is 1. The van der Waals surface area contributed by atoms with Crippen molar-refractivity contribution < 1.29 is 14.6 Å². The van der Waals surface area contributed by atoms with Crippen LogP contribution in [0.1, 0.15) is 22.8 Å². The normalized spacial score (nSPS) is 11.1. The number of imidazole rings is 1. The first kappa shape index (κ1) is 20.7. The quantitative estimate of drug-likeness (QED) is 0.369. The van der Waals surface area contributed by atoms with Gasteiger partial charge in [0.05, 0.1) is 39.9 Å². The minimum Gasteiger partial charge on any atom is -0.478 e. The molecule has 0 aliphatic heterocycles. The highest BCUT2D eigenvalue weighted by Crippen LogP contribution is 2.31. The second kappa shape index (κ2) is 8.36. The van der Waals surface area contributed by atoms with Crippen LogP contribution in [-0.4, -0.2) is 41.0 Å². The van der Waals surface area contributed by atoms with E-state index in [1.165, 1.54) is 10.9 Å². The third-order valence-electron chi connectivity index (χ3n) is 5.10. The molecule has 5 rings (SSSR count).